The second-order valence-corrected chi connectivity index (χ2v) is 5.29. The van der Waals surface area contributed by atoms with Crippen LogP contribution >= 0.6 is 0 Å². The van der Waals surface area contributed by atoms with E-state index in [4.69, 9.17) is 10.00 Å². The number of ether oxygens (including phenoxy) is 1. The van der Waals surface area contributed by atoms with Crippen molar-refractivity contribution in [2.45, 2.75) is 32.0 Å². The van der Waals surface area contributed by atoms with E-state index in [1.54, 1.807) is 12.1 Å². The third-order valence-corrected chi connectivity index (χ3v) is 3.69. The fourth-order valence-corrected chi connectivity index (χ4v) is 2.57. The molecule has 108 valence electrons. The Labute approximate surface area is 120 Å². The standard InChI is InChI=1S/C16H22N2O2/c1-2-3-15-11-18(8-9-20-15)12-16(19)14-6-4-13(10-17)5-7-14/h4-7,15-16,19H,2-3,8-9,11-12H2,1H3. The summed E-state index contributed by atoms with van der Waals surface area (Å²) in [5.41, 5.74) is 1.48. The molecule has 0 radical (unpaired) electrons. The summed E-state index contributed by atoms with van der Waals surface area (Å²) in [6.45, 7) is 5.28. The minimum absolute atomic E-state index is 0.293. The third-order valence-electron chi connectivity index (χ3n) is 3.69. The molecule has 2 rings (SSSR count). The number of benzene rings is 1. The number of aliphatic hydroxyl groups excluding tert-OH is 1. The van der Waals surface area contributed by atoms with Gasteiger partial charge in [0.15, 0.2) is 0 Å². The van der Waals surface area contributed by atoms with Gasteiger partial charge in [-0.1, -0.05) is 25.5 Å². The zero-order valence-corrected chi connectivity index (χ0v) is 12.0. The first-order valence-corrected chi connectivity index (χ1v) is 7.25. The second-order valence-electron chi connectivity index (χ2n) is 5.29. The van der Waals surface area contributed by atoms with Crippen LogP contribution in [0.5, 0.6) is 0 Å². The Kier molecular flexibility index (Phi) is 5.54. The predicted molar refractivity (Wildman–Crippen MR) is 77.2 cm³/mol. The first-order valence-electron chi connectivity index (χ1n) is 7.25. The van der Waals surface area contributed by atoms with Gasteiger partial charge in [-0.15, -0.1) is 0 Å². The van der Waals surface area contributed by atoms with Gasteiger partial charge in [0.2, 0.25) is 0 Å². The van der Waals surface area contributed by atoms with Crippen LogP contribution in [0.15, 0.2) is 24.3 Å². The van der Waals surface area contributed by atoms with Crippen molar-refractivity contribution in [2.24, 2.45) is 0 Å². The molecule has 4 heteroatoms. The molecule has 20 heavy (non-hydrogen) atoms. The Morgan fingerprint density at radius 2 is 2.20 bits per heavy atom. The molecule has 0 spiro atoms. The van der Waals surface area contributed by atoms with Crippen LogP contribution in [0.3, 0.4) is 0 Å². The maximum Gasteiger partial charge on any atom is 0.0991 e. The molecule has 1 heterocycles. The van der Waals surface area contributed by atoms with Crippen LogP contribution in [0, 0.1) is 11.3 Å². The van der Waals surface area contributed by atoms with Crippen molar-refractivity contribution in [1.29, 1.82) is 5.26 Å². The molecule has 0 bridgehead atoms. The zero-order valence-electron chi connectivity index (χ0n) is 12.0. The summed E-state index contributed by atoms with van der Waals surface area (Å²) in [5.74, 6) is 0. The molecule has 2 unspecified atom stereocenters. The summed E-state index contributed by atoms with van der Waals surface area (Å²) in [7, 11) is 0. The van der Waals surface area contributed by atoms with Gasteiger partial charge in [0.1, 0.15) is 0 Å². The van der Waals surface area contributed by atoms with Crippen molar-refractivity contribution in [1.82, 2.24) is 4.90 Å². The van der Waals surface area contributed by atoms with Gasteiger partial charge in [-0.2, -0.15) is 5.26 Å². The van der Waals surface area contributed by atoms with Gasteiger partial charge in [0, 0.05) is 19.6 Å². The lowest BCUT2D eigenvalue weighted by molar-refractivity contribution is -0.0440. The summed E-state index contributed by atoms with van der Waals surface area (Å²) in [6.07, 6.45) is 1.98. The van der Waals surface area contributed by atoms with Gasteiger partial charge in [0.05, 0.1) is 30.4 Å². The van der Waals surface area contributed by atoms with E-state index >= 15 is 0 Å². The number of hydrogen-bond donors (Lipinski definition) is 1. The lowest BCUT2D eigenvalue weighted by Gasteiger charge is -2.34. The molecule has 1 aliphatic rings. The van der Waals surface area contributed by atoms with Crippen molar-refractivity contribution in [3.8, 4) is 6.07 Å². The van der Waals surface area contributed by atoms with Gasteiger partial charge in [-0.3, -0.25) is 4.90 Å². The van der Waals surface area contributed by atoms with E-state index in [1.807, 2.05) is 12.1 Å². The van der Waals surface area contributed by atoms with Gasteiger partial charge in [0.25, 0.3) is 0 Å². The third kappa shape index (κ3) is 4.04. The molecule has 1 aromatic rings. The number of morpholine rings is 1. The topological polar surface area (TPSA) is 56.5 Å². The predicted octanol–water partition coefficient (Wildman–Crippen LogP) is 2.09. The number of rotatable bonds is 5. The summed E-state index contributed by atoms with van der Waals surface area (Å²) in [6, 6.07) is 9.23. The van der Waals surface area contributed by atoms with Crippen LogP contribution in [-0.4, -0.2) is 42.4 Å². The van der Waals surface area contributed by atoms with Gasteiger partial charge in [-0.05, 0) is 24.1 Å². The van der Waals surface area contributed by atoms with Gasteiger partial charge < -0.3 is 9.84 Å². The van der Waals surface area contributed by atoms with Crippen LogP contribution in [0.4, 0.5) is 0 Å². The number of aliphatic hydroxyl groups is 1. The van der Waals surface area contributed by atoms with E-state index in [9.17, 15) is 5.11 Å². The van der Waals surface area contributed by atoms with Crippen LogP contribution in [-0.2, 0) is 4.74 Å². The van der Waals surface area contributed by atoms with E-state index in [-0.39, 0.29) is 0 Å². The largest absolute Gasteiger partial charge is 0.387 e. The highest BCUT2D eigenvalue weighted by atomic mass is 16.5. The quantitative estimate of drug-likeness (QED) is 0.893. The van der Waals surface area contributed by atoms with Gasteiger partial charge in [-0.25, -0.2) is 0 Å². The summed E-state index contributed by atoms with van der Waals surface area (Å²) in [4.78, 5) is 2.26. The highest BCUT2D eigenvalue weighted by Crippen LogP contribution is 2.18. The number of nitrogens with zero attached hydrogens (tertiary/aromatic N) is 2. The maximum absolute atomic E-state index is 10.3. The molecule has 1 fully saturated rings. The second kappa shape index (κ2) is 7.39. The minimum Gasteiger partial charge on any atom is -0.387 e. The molecule has 1 saturated heterocycles. The molecule has 4 nitrogen and oxygen atoms in total. The molecule has 2 atom stereocenters. The van der Waals surface area contributed by atoms with Gasteiger partial charge >= 0.3 is 0 Å². The normalized spacial score (nSPS) is 21.4. The fraction of sp³-hybridized carbons (Fsp3) is 0.562. The van der Waals surface area contributed by atoms with E-state index in [1.165, 1.54) is 0 Å². The first-order chi connectivity index (χ1) is 9.72. The Morgan fingerprint density at radius 1 is 1.45 bits per heavy atom. The van der Waals surface area contributed by atoms with Crippen molar-refractivity contribution in [2.75, 3.05) is 26.2 Å². The molecule has 0 aliphatic carbocycles. The number of nitriles is 1. The highest BCUT2D eigenvalue weighted by Gasteiger charge is 2.22. The molecular formula is C16H22N2O2. The Morgan fingerprint density at radius 3 is 2.85 bits per heavy atom. The monoisotopic (exact) mass is 274 g/mol. The Balaban J connectivity index is 1.89. The summed E-state index contributed by atoms with van der Waals surface area (Å²) >= 11 is 0. The fourth-order valence-electron chi connectivity index (χ4n) is 2.57. The van der Waals surface area contributed by atoms with Crippen molar-refractivity contribution >= 4 is 0 Å². The number of hydrogen-bond acceptors (Lipinski definition) is 4. The van der Waals surface area contributed by atoms with E-state index in [2.05, 4.69) is 17.9 Å². The van der Waals surface area contributed by atoms with E-state index < -0.39 is 6.10 Å². The first kappa shape index (κ1) is 15.0. The lowest BCUT2D eigenvalue weighted by Crippen LogP contribution is -2.44. The van der Waals surface area contributed by atoms with Crippen LogP contribution in [0.1, 0.15) is 37.0 Å². The molecular weight excluding hydrogens is 252 g/mol. The van der Waals surface area contributed by atoms with Crippen LogP contribution < -0.4 is 0 Å². The summed E-state index contributed by atoms with van der Waals surface area (Å²) in [5, 5.41) is 19.1. The number of β-amino-alcohol motifs (C(OH)–C–C–N with tert-alkyl or cyclic N) is 1. The summed E-state index contributed by atoms with van der Waals surface area (Å²) < 4.78 is 5.71. The molecule has 1 aliphatic heterocycles. The van der Waals surface area contributed by atoms with Crippen molar-refractivity contribution < 1.29 is 9.84 Å². The zero-order chi connectivity index (χ0) is 14.4. The van der Waals surface area contributed by atoms with E-state index in [0.717, 1.165) is 38.1 Å². The molecule has 0 amide bonds. The molecule has 0 saturated carbocycles. The SMILES string of the molecule is CCCC1CN(CC(O)c2ccc(C#N)cc2)CCO1. The maximum atomic E-state index is 10.3. The highest BCUT2D eigenvalue weighted by molar-refractivity contribution is 5.32. The Hall–Kier alpha value is -1.41. The smallest absolute Gasteiger partial charge is 0.0991 e. The molecule has 1 N–H and O–H groups in total. The van der Waals surface area contributed by atoms with Crippen molar-refractivity contribution in [3.63, 3.8) is 0 Å². The lowest BCUT2D eigenvalue weighted by atomic mass is 10.1. The van der Waals surface area contributed by atoms with Crippen LogP contribution in [0.2, 0.25) is 0 Å². The minimum atomic E-state index is -0.511. The van der Waals surface area contributed by atoms with Crippen LogP contribution in [0.25, 0.3) is 0 Å². The Bertz CT molecular complexity index is 451. The molecule has 0 aromatic heterocycles. The van der Waals surface area contributed by atoms with E-state index in [0.29, 0.717) is 18.2 Å². The van der Waals surface area contributed by atoms with Crippen molar-refractivity contribution in [3.05, 3.63) is 35.4 Å². The average Bonchev–Trinajstić information content (AvgIpc) is 2.48. The molecule has 1 aromatic carbocycles. The average molecular weight is 274 g/mol.